The van der Waals surface area contributed by atoms with Crippen molar-refractivity contribution in [3.63, 3.8) is 0 Å². The largest absolute Gasteiger partial charge is 0.457 e. The molecule has 0 aromatic heterocycles. The van der Waals surface area contributed by atoms with E-state index in [2.05, 4.69) is 13.8 Å². The molecule has 0 spiro atoms. The van der Waals surface area contributed by atoms with Gasteiger partial charge in [-0.3, -0.25) is 0 Å². The van der Waals surface area contributed by atoms with E-state index >= 15 is 0 Å². The van der Waals surface area contributed by atoms with Crippen molar-refractivity contribution in [3.05, 3.63) is 59.2 Å². The minimum absolute atomic E-state index is 0.402. The molecule has 0 aliphatic carbocycles. The Morgan fingerprint density at radius 3 is 2.05 bits per heavy atom. The summed E-state index contributed by atoms with van der Waals surface area (Å²) in [5.41, 5.74) is 1.84. The second-order valence-electron chi connectivity index (χ2n) is 5.16. The van der Waals surface area contributed by atoms with Crippen LogP contribution in [0.1, 0.15) is 37.0 Å². The topological polar surface area (TPSA) is 9.23 Å². The van der Waals surface area contributed by atoms with Gasteiger partial charge in [0.25, 0.3) is 0 Å². The predicted octanol–water partition coefficient (Wildman–Crippen LogP) is 6.01. The van der Waals surface area contributed by atoms with Gasteiger partial charge in [-0.25, -0.2) is 0 Å². The summed E-state index contributed by atoms with van der Waals surface area (Å²) >= 11 is 0. The van der Waals surface area contributed by atoms with Crippen molar-refractivity contribution >= 4 is 0 Å². The number of hydrogen-bond acceptors (Lipinski definition) is 1. The van der Waals surface area contributed by atoms with Crippen molar-refractivity contribution in [1.82, 2.24) is 0 Å². The molecule has 2 aromatic carbocycles. The predicted molar refractivity (Wildman–Crippen MR) is 81.3 cm³/mol. The lowest BCUT2D eigenvalue weighted by atomic mass is 10.0. The third-order valence-corrected chi connectivity index (χ3v) is 3.50. The monoisotopic (exact) mass is 308 g/mol. The van der Waals surface area contributed by atoms with E-state index in [9.17, 15) is 13.2 Å². The van der Waals surface area contributed by atoms with Gasteiger partial charge in [0.2, 0.25) is 0 Å². The zero-order chi connectivity index (χ0) is 16.2. The highest BCUT2D eigenvalue weighted by Crippen LogP contribution is 2.31. The highest BCUT2D eigenvalue weighted by atomic mass is 19.4. The molecule has 0 unspecified atom stereocenters. The Balaban J connectivity index is 2.18. The van der Waals surface area contributed by atoms with Crippen molar-refractivity contribution < 1.29 is 17.9 Å². The van der Waals surface area contributed by atoms with E-state index < -0.39 is 11.7 Å². The first kappa shape index (κ1) is 16.4. The van der Waals surface area contributed by atoms with E-state index in [0.29, 0.717) is 11.5 Å². The highest BCUT2D eigenvalue weighted by molar-refractivity contribution is 5.39. The Bertz CT molecular complexity index is 615. The molecular weight excluding hydrogens is 289 g/mol. The van der Waals surface area contributed by atoms with Crippen LogP contribution in [-0.2, 0) is 19.0 Å². The standard InChI is InChI=1S/C18H19F3O/c1-3-5-14-12-17(9-6-13(14)4-2)22-16-10-7-15(8-11-16)18(19,20)21/h6-12H,3-5H2,1-2H3. The second kappa shape index (κ2) is 6.86. The first-order valence-electron chi connectivity index (χ1n) is 7.41. The Morgan fingerprint density at radius 1 is 0.864 bits per heavy atom. The van der Waals surface area contributed by atoms with Crippen LogP contribution in [0, 0.1) is 0 Å². The maximum Gasteiger partial charge on any atom is 0.416 e. The molecular formula is C18H19F3O. The summed E-state index contributed by atoms with van der Waals surface area (Å²) in [6, 6.07) is 10.6. The summed E-state index contributed by atoms with van der Waals surface area (Å²) in [5, 5.41) is 0. The lowest BCUT2D eigenvalue weighted by molar-refractivity contribution is -0.137. The lowest BCUT2D eigenvalue weighted by Crippen LogP contribution is -2.04. The maximum atomic E-state index is 12.5. The van der Waals surface area contributed by atoms with E-state index in [1.54, 1.807) is 0 Å². The van der Waals surface area contributed by atoms with Gasteiger partial charge in [0.1, 0.15) is 11.5 Å². The first-order chi connectivity index (χ1) is 10.4. The zero-order valence-electron chi connectivity index (χ0n) is 12.7. The van der Waals surface area contributed by atoms with Crippen LogP contribution in [0.4, 0.5) is 13.2 Å². The maximum absolute atomic E-state index is 12.5. The van der Waals surface area contributed by atoms with Crippen LogP contribution in [0.25, 0.3) is 0 Å². The number of ether oxygens (including phenoxy) is 1. The number of hydrogen-bond donors (Lipinski definition) is 0. The summed E-state index contributed by atoms with van der Waals surface area (Å²) in [4.78, 5) is 0. The molecule has 0 radical (unpaired) electrons. The zero-order valence-corrected chi connectivity index (χ0v) is 12.7. The van der Waals surface area contributed by atoms with Crippen LogP contribution in [0.2, 0.25) is 0 Å². The van der Waals surface area contributed by atoms with Gasteiger partial charge in [0.05, 0.1) is 5.56 Å². The molecule has 0 heterocycles. The van der Waals surface area contributed by atoms with Gasteiger partial charge < -0.3 is 4.74 Å². The third-order valence-electron chi connectivity index (χ3n) is 3.50. The normalized spacial score (nSPS) is 11.5. The van der Waals surface area contributed by atoms with E-state index in [0.717, 1.165) is 31.4 Å². The fourth-order valence-electron chi connectivity index (χ4n) is 2.36. The number of benzene rings is 2. The summed E-state index contributed by atoms with van der Waals surface area (Å²) in [6.45, 7) is 4.22. The van der Waals surface area contributed by atoms with E-state index in [1.807, 2.05) is 18.2 Å². The Labute approximate surface area is 128 Å². The number of rotatable bonds is 5. The summed E-state index contributed by atoms with van der Waals surface area (Å²) in [5.74, 6) is 1.06. The summed E-state index contributed by atoms with van der Waals surface area (Å²) in [6.07, 6.45) is -1.37. The molecule has 0 saturated heterocycles. The molecule has 2 rings (SSSR count). The van der Waals surface area contributed by atoms with Crippen molar-refractivity contribution in [3.8, 4) is 11.5 Å². The van der Waals surface area contributed by atoms with E-state index in [1.165, 1.54) is 23.3 Å². The Morgan fingerprint density at radius 2 is 1.50 bits per heavy atom. The smallest absolute Gasteiger partial charge is 0.416 e. The molecule has 0 saturated carbocycles. The van der Waals surface area contributed by atoms with Gasteiger partial charge in [-0.15, -0.1) is 0 Å². The number of alkyl halides is 3. The summed E-state index contributed by atoms with van der Waals surface area (Å²) in [7, 11) is 0. The van der Waals surface area contributed by atoms with Crippen LogP contribution < -0.4 is 4.74 Å². The third kappa shape index (κ3) is 4.03. The second-order valence-corrected chi connectivity index (χ2v) is 5.16. The van der Waals surface area contributed by atoms with Crippen molar-refractivity contribution in [2.45, 2.75) is 39.3 Å². The first-order valence-corrected chi connectivity index (χ1v) is 7.41. The molecule has 0 fully saturated rings. The van der Waals surface area contributed by atoms with Crippen LogP contribution in [0.3, 0.4) is 0 Å². The number of aryl methyl sites for hydroxylation is 2. The van der Waals surface area contributed by atoms with E-state index in [-0.39, 0.29) is 0 Å². The molecule has 22 heavy (non-hydrogen) atoms. The minimum Gasteiger partial charge on any atom is -0.457 e. The quantitative estimate of drug-likeness (QED) is 0.657. The Hall–Kier alpha value is -1.97. The number of halogens is 3. The van der Waals surface area contributed by atoms with Gasteiger partial charge in [0.15, 0.2) is 0 Å². The molecule has 4 heteroatoms. The fourth-order valence-corrected chi connectivity index (χ4v) is 2.36. The SMILES string of the molecule is CCCc1cc(Oc2ccc(C(F)(F)F)cc2)ccc1CC. The van der Waals surface area contributed by atoms with Crippen molar-refractivity contribution in [2.24, 2.45) is 0 Å². The average molecular weight is 308 g/mol. The molecule has 0 bridgehead atoms. The molecule has 0 N–H and O–H groups in total. The fraction of sp³-hybridized carbons (Fsp3) is 0.333. The van der Waals surface area contributed by atoms with Crippen molar-refractivity contribution in [2.75, 3.05) is 0 Å². The van der Waals surface area contributed by atoms with E-state index in [4.69, 9.17) is 4.74 Å². The van der Waals surface area contributed by atoms with Gasteiger partial charge in [0, 0.05) is 0 Å². The van der Waals surface area contributed by atoms with Crippen LogP contribution in [0.5, 0.6) is 11.5 Å². The molecule has 0 atom stereocenters. The van der Waals surface area contributed by atoms with Gasteiger partial charge in [-0.05, 0) is 60.4 Å². The summed E-state index contributed by atoms with van der Waals surface area (Å²) < 4.78 is 43.2. The minimum atomic E-state index is -4.32. The van der Waals surface area contributed by atoms with Crippen LogP contribution in [0.15, 0.2) is 42.5 Å². The van der Waals surface area contributed by atoms with Gasteiger partial charge in [-0.2, -0.15) is 13.2 Å². The molecule has 0 amide bonds. The lowest BCUT2D eigenvalue weighted by Gasteiger charge is -2.12. The Kier molecular flexibility index (Phi) is 5.11. The molecule has 0 aliphatic rings. The molecule has 0 aliphatic heterocycles. The average Bonchev–Trinajstić information content (AvgIpc) is 2.47. The van der Waals surface area contributed by atoms with Crippen LogP contribution >= 0.6 is 0 Å². The van der Waals surface area contributed by atoms with Gasteiger partial charge in [-0.1, -0.05) is 26.3 Å². The molecule has 2 aromatic rings. The van der Waals surface area contributed by atoms with Crippen LogP contribution in [-0.4, -0.2) is 0 Å². The van der Waals surface area contributed by atoms with Crippen molar-refractivity contribution in [1.29, 1.82) is 0 Å². The highest BCUT2D eigenvalue weighted by Gasteiger charge is 2.30. The molecule has 1 nitrogen and oxygen atoms in total. The molecule has 118 valence electrons. The van der Waals surface area contributed by atoms with Gasteiger partial charge >= 0.3 is 6.18 Å².